The zero-order chi connectivity index (χ0) is 27.7. The topological polar surface area (TPSA) is 96.6 Å². The van der Waals surface area contributed by atoms with Gasteiger partial charge in [-0.25, -0.2) is 14.4 Å². The van der Waals surface area contributed by atoms with E-state index in [-0.39, 0.29) is 29.6 Å². The number of anilines is 3. The lowest BCUT2D eigenvalue weighted by Crippen LogP contribution is -2.37. The minimum absolute atomic E-state index is 0.0139. The van der Waals surface area contributed by atoms with Crippen LogP contribution in [0.3, 0.4) is 0 Å². The third kappa shape index (κ3) is 5.43. The van der Waals surface area contributed by atoms with Gasteiger partial charge < -0.3 is 19.6 Å². The maximum absolute atomic E-state index is 13.8. The number of nitrogens with zero attached hydrogens (tertiary/aromatic N) is 6. The molecule has 0 radical (unpaired) electrons. The summed E-state index contributed by atoms with van der Waals surface area (Å²) in [6, 6.07) is 2.37. The summed E-state index contributed by atoms with van der Waals surface area (Å²) in [7, 11) is 0. The molecule has 39 heavy (non-hydrogen) atoms. The molecule has 0 amide bonds. The first kappa shape index (κ1) is 27.3. The number of aliphatic hydroxyl groups is 1. The smallest absolute Gasteiger partial charge is 0.395 e. The van der Waals surface area contributed by atoms with Crippen LogP contribution in [0, 0.1) is 5.82 Å². The number of ether oxygens (including phenoxy) is 1. The van der Waals surface area contributed by atoms with Crippen LogP contribution in [0.15, 0.2) is 35.5 Å². The summed E-state index contributed by atoms with van der Waals surface area (Å²) >= 11 is 6.48. The van der Waals surface area contributed by atoms with Crippen molar-refractivity contribution in [3.63, 3.8) is 0 Å². The molecular weight excluding hydrogens is 544 g/mol. The Morgan fingerprint density at radius 1 is 1.23 bits per heavy atom. The molecule has 1 aromatic carbocycles. The van der Waals surface area contributed by atoms with E-state index in [4.69, 9.17) is 16.3 Å². The number of alkyl halides is 3. The quantitative estimate of drug-likeness (QED) is 0.441. The number of fused-ring (bicyclic) bond motifs is 1. The van der Waals surface area contributed by atoms with E-state index in [0.717, 1.165) is 25.0 Å². The molecule has 208 valence electrons. The summed E-state index contributed by atoms with van der Waals surface area (Å²) in [4.78, 5) is 24.6. The van der Waals surface area contributed by atoms with Crippen LogP contribution in [0.25, 0.3) is 0 Å². The molecule has 2 aliphatic rings. The highest BCUT2D eigenvalue weighted by molar-refractivity contribution is 6.33. The first-order chi connectivity index (χ1) is 18.7. The predicted molar refractivity (Wildman–Crippen MR) is 135 cm³/mol. The molecule has 1 saturated heterocycles. The van der Waals surface area contributed by atoms with Gasteiger partial charge in [-0.3, -0.25) is 4.79 Å². The van der Waals surface area contributed by atoms with Gasteiger partial charge in [0, 0.05) is 25.3 Å². The Morgan fingerprint density at radius 2 is 2.05 bits per heavy atom. The van der Waals surface area contributed by atoms with Crippen molar-refractivity contribution in [1.82, 2.24) is 19.7 Å². The fraction of sp³-hybridized carbons (Fsp3) is 0.440. The molecule has 2 aromatic heterocycles. The average molecular weight is 569 g/mol. The molecule has 0 spiro atoms. The van der Waals surface area contributed by atoms with E-state index in [2.05, 4.69) is 15.1 Å². The van der Waals surface area contributed by atoms with Gasteiger partial charge in [-0.1, -0.05) is 11.6 Å². The molecule has 3 aromatic rings. The second kappa shape index (κ2) is 11.1. The summed E-state index contributed by atoms with van der Waals surface area (Å²) in [5.74, 6) is -0.849. The van der Waals surface area contributed by atoms with Crippen LogP contribution in [0.1, 0.15) is 42.3 Å². The number of benzene rings is 1. The van der Waals surface area contributed by atoms with Crippen LogP contribution in [0.2, 0.25) is 5.02 Å². The van der Waals surface area contributed by atoms with Gasteiger partial charge in [0.05, 0.1) is 42.0 Å². The second-order valence-electron chi connectivity index (χ2n) is 9.24. The molecule has 2 aliphatic heterocycles. The predicted octanol–water partition coefficient (Wildman–Crippen LogP) is 4.24. The van der Waals surface area contributed by atoms with Gasteiger partial charge in [-0.15, -0.1) is 0 Å². The SMILES string of the molecule is O=c1c(Cl)c(N2CCc3c(ncnc3N(CCO)c3ccc(F)cc3C(F)(F)F)C2)cnn1C1CCCCO1. The monoisotopic (exact) mass is 568 g/mol. The lowest BCUT2D eigenvalue weighted by atomic mass is 10.0. The van der Waals surface area contributed by atoms with Gasteiger partial charge in [-0.05, 0) is 43.9 Å². The number of halogens is 5. The van der Waals surface area contributed by atoms with Crippen molar-refractivity contribution in [1.29, 1.82) is 0 Å². The van der Waals surface area contributed by atoms with Crippen molar-refractivity contribution in [3.8, 4) is 0 Å². The molecule has 4 heterocycles. The maximum Gasteiger partial charge on any atom is 0.418 e. The van der Waals surface area contributed by atoms with Crippen molar-refractivity contribution in [2.75, 3.05) is 36.1 Å². The third-order valence-electron chi connectivity index (χ3n) is 6.81. The van der Waals surface area contributed by atoms with E-state index in [1.807, 2.05) is 4.90 Å². The molecule has 0 bridgehead atoms. The number of hydrogen-bond acceptors (Lipinski definition) is 8. The van der Waals surface area contributed by atoms with Crippen LogP contribution in [0.4, 0.5) is 34.8 Å². The molecule has 1 N–H and O–H groups in total. The molecular formula is C25H25ClF4N6O3. The van der Waals surface area contributed by atoms with Crippen LogP contribution < -0.4 is 15.4 Å². The Balaban J connectivity index is 1.48. The molecule has 14 heteroatoms. The molecule has 1 atom stereocenters. The molecule has 9 nitrogen and oxygen atoms in total. The molecule has 0 aliphatic carbocycles. The van der Waals surface area contributed by atoms with E-state index in [1.165, 1.54) is 22.1 Å². The minimum atomic E-state index is -4.83. The Bertz CT molecular complexity index is 1410. The Hall–Kier alpha value is -3.29. The number of hydrogen-bond donors (Lipinski definition) is 1. The third-order valence-corrected chi connectivity index (χ3v) is 7.17. The van der Waals surface area contributed by atoms with Crippen LogP contribution in [0.5, 0.6) is 0 Å². The summed E-state index contributed by atoms with van der Waals surface area (Å²) in [5, 5.41) is 13.9. The molecule has 1 fully saturated rings. The normalized spacial score (nSPS) is 17.7. The standard InChI is InChI=1S/C25H25ClF4N6O3/c26-22-20(12-33-36(24(22)38)21-3-1-2-10-39-21)34-7-6-16-18(13-34)31-14-32-23(16)35(8-9-37)19-5-4-15(27)11-17(19)25(28,29)30/h4-5,11-12,14,21,37H,1-3,6-10,13H2. The molecule has 5 rings (SSSR count). The highest BCUT2D eigenvalue weighted by Gasteiger charge is 2.37. The lowest BCUT2D eigenvalue weighted by molar-refractivity contribution is -0.137. The fourth-order valence-electron chi connectivity index (χ4n) is 4.96. The average Bonchev–Trinajstić information content (AvgIpc) is 2.93. The maximum atomic E-state index is 13.8. The summed E-state index contributed by atoms with van der Waals surface area (Å²) in [6.07, 6.45) is 0.219. The summed E-state index contributed by atoms with van der Waals surface area (Å²) in [5.41, 5.74) is -0.485. The Labute approximate surface area is 225 Å². The van der Waals surface area contributed by atoms with E-state index < -0.39 is 36.0 Å². The first-order valence-corrected chi connectivity index (χ1v) is 12.8. The Kier molecular flexibility index (Phi) is 7.74. The van der Waals surface area contributed by atoms with Crippen molar-refractivity contribution in [3.05, 3.63) is 68.7 Å². The number of aliphatic hydroxyl groups excluding tert-OH is 1. The zero-order valence-electron chi connectivity index (χ0n) is 20.7. The van der Waals surface area contributed by atoms with E-state index in [9.17, 15) is 27.5 Å². The largest absolute Gasteiger partial charge is 0.418 e. The van der Waals surface area contributed by atoms with Crippen LogP contribution in [-0.2, 0) is 23.9 Å². The van der Waals surface area contributed by atoms with Gasteiger partial charge >= 0.3 is 6.18 Å². The van der Waals surface area contributed by atoms with E-state index in [0.29, 0.717) is 49.0 Å². The summed E-state index contributed by atoms with van der Waals surface area (Å²) in [6.45, 7) is 0.401. The first-order valence-electron chi connectivity index (χ1n) is 12.4. The highest BCUT2D eigenvalue weighted by Crippen LogP contribution is 2.41. The number of rotatable bonds is 6. The zero-order valence-corrected chi connectivity index (χ0v) is 21.4. The van der Waals surface area contributed by atoms with Gasteiger partial charge in [0.15, 0.2) is 6.23 Å². The Morgan fingerprint density at radius 3 is 2.77 bits per heavy atom. The highest BCUT2D eigenvalue weighted by atomic mass is 35.5. The van der Waals surface area contributed by atoms with Crippen molar-refractivity contribution < 1.29 is 27.4 Å². The van der Waals surface area contributed by atoms with Gasteiger partial charge in [0.25, 0.3) is 5.56 Å². The van der Waals surface area contributed by atoms with Gasteiger partial charge in [0.2, 0.25) is 0 Å². The van der Waals surface area contributed by atoms with E-state index in [1.54, 1.807) is 0 Å². The van der Waals surface area contributed by atoms with Crippen LogP contribution in [-0.4, -0.2) is 51.2 Å². The molecule has 0 saturated carbocycles. The van der Waals surface area contributed by atoms with E-state index >= 15 is 0 Å². The van der Waals surface area contributed by atoms with Gasteiger partial charge in [-0.2, -0.15) is 23.0 Å². The second-order valence-corrected chi connectivity index (χ2v) is 9.62. The van der Waals surface area contributed by atoms with Crippen molar-refractivity contribution >= 4 is 28.8 Å². The van der Waals surface area contributed by atoms with Gasteiger partial charge in [0.1, 0.15) is 23.0 Å². The minimum Gasteiger partial charge on any atom is -0.395 e. The number of aromatic nitrogens is 4. The lowest BCUT2D eigenvalue weighted by Gasteiger charge is -2.34. The van der Waals surface area contributed by atoms with Crippen molar-refractivity contribution in [2.45, 2.75) is 44.6 Å². The summed E-state index contributed by atoms with van der Waals surface area (Å²) < 4.78 is 62.0. The van der Waals surface area contributed by atoms with Crippen LogP contribution >= 0.6 is 11.6 Å². The molecule has 1 unspecified atom stereocenters. The van der Waals surface area contributed by atoms with Crippen molar-refractivity contribution in [2.24, 2.45) is 0 Å². The fourth-order valence-corrected chi connectivity index (χ4v) is 5.22.